The fourth-order valence-corrected chi connectivity index (χ4v) is 5.62. The van der Waals surface area contributed by atoms with Gasteiger partial charge in [-0.2, -0.15) is 26.3 Å². The van der Waals surface area contributed by atoms with Gasteiger partial charge >= 0.3 is 12.4 Å². The molecule has 0 bridgehead atoms. The number of rotatable bonds is 9. The molecule has 0 saturated carbocycles. The maximum absolute atomic E-state index is 13.7. The van der Waals surface area contributed by atoms with Crippen molar-refractivity contribution in [2.75, 3.05) is 65.6 Å². The van der Waals surface area contributed by atoms with Gasteiger partial charge in [0.05, 0.1) is 36.1 Å². The number of carbonyl (C=O) groups excluding carboxylic acids is 1. The van der Waals surface area contributed by atoms with Crippen molar-refractivity contribution in [3.63, 3.8) is 0 Å². The molecule has 244 valence electrons. The number of nitrogens with zero attached hydrogens (tertiary/aromatic N) is 4. The number of hydrogen-bond acceptors (Lipinski definition) is 7. The first-order valence-corrected chi connectivity index (χ1v) is 14.6. The van der Waals surface area contributed by atoms with Crippen LogP contribution in [0, 0.1) is 0 Å². The highest BCUT2D eigenvalue weighted by Crippen LogP contribution is 2.37. The second kappa shape index (κ2) is 13.8. The van der Waals surface area contributed by atoms with E-state index in [-0.39, 0.29) is 25.6 Å². The first kappa shape index (κ1) is 32.8. The van der Waals surface area contributed by atoms with Crippen LogP contribution in [0.15, 0.2) is 58.1 Å². The van der Waals surface area contributed by atoms with Gasteiger partial charge in [-0.3, -0.25) is 14.6 Å². The van der Waals surface area contributed by atoms with Crippen LogP contribution in [0.4, 0.5) is 26.3 Å². The molecule has 8 nitrogen and oxygen atoms in total. The number of fused-ring (bicyclic) bond motifs is 1. The third-order valence-corrected chi connectivity index (χ3v) is 7.85. The van der Waals surface area contributed by atoms with Crippen LogP contribution < -0.4 is 0 Å². The van der Waals surface area contributed by atoms with Gasteiger partial charge in [0.2, 0.25) is 0 Å². The van der Waals surface area contributed by atoms with Crippen LogP contribution in [-0.2, 0) is 28.3 Å². The van der Waals surface area contributed by atoms with Crippen molar-refractivity contribution in [2.24, 2.45) is 5.16 Å². The number of halogens is 6. The van der Waals surface area contributed by atoms with Gasteiger partial charge < -0.3 is 18.9 Å². The molecule has 5 rings (SSSR count). The molecule has 2 aromatic carbocycles. The van der Waals surface area contributed by atoms with Crippen LogP contribution in [0.1, 0.15) is 34.2 Å². The van der Waals surface area contributed by atoms with Gasteiger partial charge in [0.25, 0.3) is 5.91 Å². The number of oxime groups is 1. The van der Waals surface area contributed by atoms with Crippen LogP contribution in [0.5, 0.6) is 0 Å². The van der Waals surface area contributed by atoms with Gasteiger partial charge in [-0.15, -0.1) is 0 Å². The van der Waals surface area contributed by atoms with Crippen LogP contribution in [0.3, 0.4) is 0 Å². The zero-order chi connectivity index (χ0) is 32.2. The molecule has 0 spiro atoms. The Morgan fingerprint density at radius 3 is 2.29 bits per heavy atom. The fraction of sp³-hybridized carbons (Fsp3) is 0.484. The molecule has 14 heteroatoms. The molecule has 1 aromatic heterocycles. The maximum Gasteiger partial charge on any atom is 0.416 e. The summed E-state index contributed by atoms with van der Waals surface area (Å²) in [6.45, 7) is 7.05. The zero-order valence-electron chi connectivity index (χ0n) is 24.7. The molecule has 0 aliphatic carbocycles. The molecule has 2 saturated heterocycles. The molecule has 2 fully saturated rings. The summed E-state index contributed by atoms with van der Waals surface area (Å²) in [6.07, 6.45) is -9.93. The number of carbonyl (C=O) groups is 1. The van der Waals surface area contributed by atoms with Crippen molar-refractivity contribution in [3.05, 3.63) is 71.0 Å². The number of para-hydroxylation sites is 1. The summed E-state index contributed by atoms with van der Waals surface area (Å²) >= 11 is 0. The van der Waals surface area contributed by atoms with E-state index in [1.165, 1.54) is 4.90 Å². The number of benzene rings is 2. The van der Waals surface area contributed by atoms with Crippen LogP contribution in [-0.4, -0.2) is 98.0 Å². The lowest BCUT2D eigenvalue weighted by atomic mass is 10.0. The minimum absolute atomic E-state index is 0.0196. The Balaban J connectivity index is 1.33. The predicted molar refractivity (Wildman–Crippen MR) is 154 cm³/mol. The Labute approximate surface area is 256 Å². The Morgan fingerprint density at radius 1 is 0.933 bits per heavy atom. The van der Waals surface area contributed by atoms with Crippen molar-refractivity contribution >= 4 is 22.6 Å². The summed E-state index contributed by atoms with van der Waals surface area (Å²) in [7, 11) is 0. The molecular formula is C31H34F6N4O4. The maximum atomic E-state index is 13.7. The number of amides is 1. The van der Waals surface area contributed by atoms with Crippen LogP contribution in [0.2, 0.25) is 0 Å². The molecule has 1 atom stereocenters. The summed E-state index contributed by atoms with van der Waals surface area (Å²) in [5.74, 6) is -0.373. The quantitative estimate of drug-likeness (QED) is 0.132. The lowest BCUT2D eigenvalue weighted by Gasteiger charge is -2.41. The highest BCUT2D eigenvalue weighted by molar-refractivity contribution is 5.95. The van der Waals surface area contributed by atoms with E-state index in [4.69, 9.17) is 14.0 Å². The van der Waals surface area contributed by atoms with Crippen molar-refractivity contribution in [1.29, 1.82) is 0 Å². The Morgan fingerprint density at radius 2 is 1.62 bits per heavy atom. The molecule has 3 heterocycles. The number of hydrogen-bond donors (Lipinski definition) is 0. The Kier molecular flexibility index (Phi) is 10.0. The van der Waals surface area contributed by atoms with E-state index in [1.54, 1.807) is 6.07 Å². The number of furan rings is 1. The smallest absolute Gasteiger partial charge is 0.416 e. The summed E-state index contributed by atoms with van der Waals surface area (Å²) in [5.41, 5.74) is -2.43. The first-order valence-electron chi connectivity index (χ1n) is 14.6. The zero-order valence-corrected chi connectivity index (χ0v) is 24.7. The van der Waals surface area contributed by atoms with E-state index in [0.29, 0.717) is 68.6 Å². The summed E-state index contributed by atoms with van der Waals surface area (Å²) in [5, 5.41) is 5.05. The summed E-state index contributed by atoms with van der Waals surface area (Å²) in [6, 6.07) is 9.49. The summed E-state index contributed by atoms with van der Waals surface area (Å²) < 4.78 is 92.6. The fourth-order valence-electron chi connectivity index (χ4n) is 5.62. The van der Waals surface area contributed by atoms with E-state index >= 15 is 0 Å². The molecular weight excluding hydrogens is 606 g/mol. The van der Waals surface area contributed by atoms with E-state index in [1.807, 2.05) is 36.1 Å². The molecule has 2 aliphatic heterocycles. The summed E-state index contributed by atoms with van der Waals surface area (Å²) in [4.78, 5) is 24.7. The normalized spacial score (nSPS) is 19.3. The lowest BCUT2D eigenvalue weighted by Crippen LogP contribution is -2.56. The number of morpholine rings is 1. The average molecular weight is 641 g/mol. The van der Waals surface area contributed by atoms with E-state index < -0.39 is 41.0 Å². The van der Waals surface area contributed by atoms with E-state index in [0.717, 1.165) is 18.5 Å². The first-order chi connectivity index (χ1) is 21.4. The second-order valence-corrected chi connectivity index (χ2v) is 11.3. The minimum atomic E-state index is -5.07. The predicted octanol–water partition coefficient (Wildman–Crippen LogP) is 5.56. The third-order valence-electron chi connectivity index (χ3n) is 7.85. The highest BCUT2D eigenvalue weighted by Gasteiger charge is 2.39. The standard InChI is InChI=1S/C31H34F6N4O4/c1-21(38-44-13-10-39-8-11-43-12-9-39)19-40-6-7-41(26(20-40)18-27-16-22-4-2-3-5-28(22)45-27)29(42)23-14-24(30(32,33)34)17-25(15-23)31(35,36)37/h2-5,14-17,26H,6-13,18-20H2,1H3. The van der Waals surface area contributed by atoms with Gasteiger partial charge in [0, 0.05) is 63.2 Å². The minimum Gasteiger partial charge on any atom is -0.461 e. The largest absolute Gasteiger partial charge is 0.461 e. The molecule has 0 radical (unpaired) electrons. The van der Waals surface area contributed by atoms with Crippen molar-refractivity contribution in [3.8, 4) is 0 Å². The number of alkyl halides is 6. The van der Waals surface area contributed by atoms with Gasteiger partial charge in [0.1, 0.15) is 18.0 Å². The molecule has 3 aromatic rings. The van der Waals surface area contributed by atoms with Gasteiger partial charge in [-0.05, 0) is 37.3 Å². The van der Waals surface area contributed by atoms with Gasteiger partial charge in [-0.1, -0.05) is 23.4 Å². The number of piperazine rings is 1. The molecule has 1 amide bonds. The Hall–Kier alpha value is -3.62. The van der Waals surface area contributed by atoms with Gasteiger partial charge in [0.15, 0.2) is 0 Å². The van der Waals surface area contributed by atoms with E-state index in [2.05, 4.69) is 10.1 Å². The molecule has 0 N–H and O–H groups in total. The SMILES string of the molecule is CC(CN1CCN(C(=O)c2cc(C(F)(F)F)cc(C(F)(F)F)c2)C(Cc2cc3ccccc3o2)C1)=NOCCN1CCOCC1. The molecule has 1 unspecified atom stereocenters. The van der Waals surface area contributed by atoms with Gasteiger partial charge in [-0.25, -0.2) is 0 Å². The topological polar surface area (TPSA) is 70.8 Å². The third kappa shape index (κ3) is 8.56. The lowest BCUT2D eigenvalue weighted by molar-refractivity contribution is -0.143. The molecule has 2 aliphatic rings. The van der Waals surface area contributed by atoms with Crippen LogP contribution in [0.25, 0.3) is 11.0 Å². The monoisotopic (exact) mass is 640 g/mol. The van der Waals surface area contributed by atoms with E-state index in [9.17, 15) is 31.1 Å². The van der Waals surface area contributed by atoms with Crippen molar-refractivity contribution in [1.82, 2.24) is 14.7 Å². The molecule has 45 heavy (non-hydrogen) atoms. The van der Waals surface area contributed by atoms with Crippen molar-refractivity contribution in [2.45, 2.75) is 31.7 Å². The highest BCUT2D eigenvalue weighted by atomic mass is 19.4. The average Bonchev–Trinajstić information content (AvgIpc) is 3.41. The van der Waals surface area contributed by atoms with Crippen molar-refractivity contribution < 1.29 is 45.1 Å². The second-order valence-electron chi connectivity index (χ2n) is 11.3. The number of ether oxygens (including phenoxy) is 1. The Bertz CT molecular complexity index is 1430. The van der Waals surface area contributed by atoms with Crippen LogP contribution >= 0.6 is 0 Å².